The van der Waals surface area contributed by atoms with Crippen molar-refractivity contribution in [1.29, 1.82) is 0 Å². The molecule has 18 nitrogen and oxygen atoms in total. The minimum Gasteiger partial charge on any atom is -0.503 e. The van der Waals surface area contributed by atoms with Gasteiger partial charge in [-0.3, -0.25) is 28.9 Å². The molecule has 2 heterocycles. The van der Waals surface area contributed by atoms with Gasteiger partial charge in [-0.05, 0) is 76.6 Å². The van der Waals surface area contributed by atoms with E-state index in [1.807, 2.05) is 5.32 Å². The zero-order valence-electron chi connectivity index (χ0n) is 31.9. The van der Waals surface area contributed by atoms with Crippen molar-refractivity contribution in [3.8, 4) is 11.5 Å². The molecule has 2 bridgehead atoms. The summed E-state index contributed by atoms with van der Waals surface area (Å²) in [7, 11) is 3.05. The number of hydrogen-bond acceptors (Lipinski definition) is 11. The van der Waals surface area contributed by atoms with Gasteiger partial charge in [0.1, 0.15) is 47.3 Å². The average Bonchev–Trinajstić information content (AvgIpc) is 3.62. The lowest BCUT2D eigenvalue weighted by Crippen LogP contribution is -2.65. The van der Waals surface area contributed by atoms with Gasteiger partial charge >= 0.3 is 11.9 Å². The number of carboxylic acid groups (broad SMARTS) is 2. The van der Waals surface area contributed by atoms with Gasteiger partial charge < -0.3 is 51.3 Å². The molecular formula is C39H55ClN6O12. The van der Waals surface area contributed by atoms with E-state index in [-0.39, 0.29) is 67.8 Å². The molecule has 2 aliphatic rings. The summed E-state index contributed by atoms with van der Waals surface area (Å²) in [5.41, 5.74) is -2.60. The van der Waals surface area contributed by atoms with E-state index < -0.39 is 94.5 Å². The Morgan fingerprint density at radius 3 is 2.21 bits per heavy atom. The Bertz CT molecular complexity index is 1910. The number of nitrogens with one attached hydrogen (secondary N) is 4. The number of phenolic OH excluding ortho intramolecular Hbond substituents is 1. The number of carbonyl (C=O) groups excluding carboxylic acids is 5. The predicted octanol–water partition coefficient (Wildman–Crippen LogP) is 2.12. The predicted molar refractivity (Wildman–Crippen MR) is 214 cm³/mol. The van der Waals surface area contributed by atoms with E-state index in [1.54, 1.807) is 13.8 Å². The van der Waals surface area contributed by atoms with Crippen LogP contribution >= 0.6 is 11.6 Å². The topological polar surface area (TPSA) is 264 Å². The van der Waals surface area contributed by atoms with Gasteiger partial charge in [-0.2, -0.15) is 0 Å². The Balaban J connectivity index is 0.00000841. The molecule has 5 amide bonds. The quantitative estimate of drug-likeness (QED) is 0.118. The maximum atomic E-state index is 14.7. The van der Waals surface area contributed by atoms with Gasteiger partial charge in [0.05, 0.1) is 11.1 Å². The number of likely N-dealkylation sites (N-methyl/N-ethyl adjacent to an activating group) is 1. The van der Waals surface area contributed by atoms with Gasteiger partial charge in [0.25, 0.3) is 17.7 Å². The van der Waals surface area contributed by atoms with E-state index in [0.29, 0.717) is 0 Å². The number of phenols is 1. The SMILES string of the molecule is C.C.C=C(C)[C@@H]1NC(=O)[C@@H](N(C)C)[C@@H](O)c2cc(Cl)c(O)c(c2)O[C@](C)(CC)[C@@H](C(=O)N2CC=CC2C(=O)N/C(C(=O)N/C(=C/C(=O)O)C(=O)O)=C(\C)CC)NC1=O. The summed E-state index contributed by atoms with van der Waals surface area (Å²) in [5.74, 6) is -8.88. The van der Waals surface area contributed by atoms with Crippen LogP contribution in [0.15, 0.2) is 59.5 Å². The highest BCUT2D eigenvalue weighted by Crippen LogP contribution is 2.41. The number of aliphatic carboxylic acids is 2. The fraction of sp³-hybridized carbons (Fsp3) is 0.462. The van der Waals surface area contributed by atoms with E-state index >= 15 is 0 Å². The molecule has 2 aliphatic heterocycles. The lowest BCUT2D eigenvalue weighted by atomic mass is 9.90. The first-order valence-electron chi connectivity index (χ1n) is 17.4. The third kappa shape index (κ3) is 11.2. The van der Waals surface area contributed by atoms with Crippen LogP contribution < -0.4 is 26.0 Å². The molecule has 0 aromatic heterocycles. The molecule has 320 valence electrons. The number of carbonyl (C=O) groups is 7. The van der Waals surface area contributed by atoms with Crippen LogP contribution in [0.5, 0.6) is 11.5 Å². The second kappa shape index (κ2) is 20.6. The second-order valence-electron chi connectivity index (χ2n) is 13.7. The molecule has 1 aromatic carbocycles. The highest BCUT2D eigenvalue weighted by atomic mass is 35.5. The zero-order valence-corrected chi connectivity index (χ0v) is 32.7. The van der Waals surface area contributed by atoms with E-state index in [9.17, 15) is 48.9 Å². The first-order chi connectivity index (χ1) is 26.1. The summed E-state index contributed by atoms with van der Waals surface area (Å²) in [5, 5.41) is 50.2. The lowest BCUT2D eigenvalue weighted by molar-refractivity contribution is -0.146. The maximum Gasteiger partial charge on any atom is 0.352 e. The number of ether oxygens (including phenoxy) is 1. The number of allylic oxidation sites excluding steroid dienone is 1. The Kier molecular flexibility index (Phi) is 17.9. The first kappa shape index (κ1) is 50.3. The van der Waals surface area contributed by atoms with E-state index in [1.165, 1.54) is 64.1 Å². The van der Waals surface area contributed by atoms with Crippen molar-refractivity contribution in [2.24, 2.45) is 0 Å². The third-order valence-electron chi connectivity index (χ3n) is 9.43. The van der Waals surface area contributed by atoms with Crippen LogP contribution in [0.3, 0.4) is 0 Å². The molecule has 1 aromatic rings. The van der Waals surface area contributed by atoms with Crippen LogP contribution in [0.1, 0.15) is 74.0 Å². The van der Waals surface area contributed by atoms with E-state index in [0.717, 1.165) is 4.90 Å². The maximum absolute atomic E-state index is 14.7. The monoisotopic (exact) mass is 834 g/mol. The number of hydrogen-bond donors (Lipinski definition) is 8. The number of rotatable bonds is 11. The number of aliphatic hydroxyl groups excluding tert-OH is 1. The highest BCUT2D eigenvalue weighted by Gasteiger charge is 2.48. The van der Waals surface area contributed by atoms with Crippen molar-refractivity contribution in [2.75, 3.05) is 20.6 Å². The molecule has 0 saturated heterocycles. The second-order valence-corrected chi connectivity index (χ2v) is 14.1. The van der Waals surface area contributed by atoms with Crippen molar-refractivity contribution >= 4 is 53.1 Å². The summed E-state index contributed by atoms with van der Waals surface area (Å²) in [4.78, 5) is 94.7. The van der Waals surface area contributed by atoms with Gasteiger partial charge in [0, 0.05) is 6.54 Å². The Morgan fingerprint density at radius 2 is 1.69 bits per heavy atom. The molecule has 0 fully saturated rings. The van der Waals surface area contributed by atoms with Crippen molar-refractivity contribution < 1.29 is 58.7 Å². The molecule has 6 atom stereocenters. The minimum absolute atomic E-state index is 0. The number of fused-ring (bicyclic) bond motifs is 2. The molecule has 58 heavy (non-hydrogen) atoms. The molecule has 3 rings (SSSR count). The summed E-state index contributed by atoms with van der Waals surface area (Å²) in [6.45, 7) is 11.3. The summed E-state index contributed by atoms with van der Waals surface area (Å²) in [6, 6.07) is -3.28. The molecular weight excluding hydrogens is 780 g/mol. The molecule has 0 aliphatic carbocycles. The van der Waals surface area contributed by atoms with Crippen LogP contribution in [0, 0.1) is 0 Å². The fourth-order valence-corrected chi connectivity index (χ4v) is 6.17. The summed E-state index contributed by atoms with van der Waals surface area (Å²) >= 11 is 6.37. The van der Waals surface area contributed by atoms with Crippen molar-refractivity contribution in [3.63, 3.8) is 0 Å². The first-order valence-corrected chi connectivity index (χ1v) is 17.7. The van der Waals surface area contributed by atoms with Gasteiger partial charge in [0.2, 0.25) is 11.8 Å². The lowest BCUT2D eigenvalue weighted by Gasteiger charge is -2.40. The number of carboxylic acids is 2. The zero-order chi connectivity index (χ0) is 42.4. The number of aromatic hydroxyl groups is 1. The number of amides is 5. The molecule has 8 N–H and O–H groups in total. The van der Waals surface area contributed by atoms with E-state index in [4.69, 9.17) is 21.4 Å². The van der Waals surface area contributed by atoms with Gasteiger partial charge in [-0.25, -0.2) is 9.59 Å². The molecule has 1 unspecified atom stereocenters. The fourth-order valence-electron chi connectivity index (χ4n) is 5.95. The van der Waals surface area contributed by atoms with Gasteiger partial charge in [0.15, 0.2) is 11.5 Å². The molecule has 0 saturated carbocycles. The van der Waals surface area contributed by atoms with Gasteiger partial charge in [-0.1, -0.05) is 59.0 Å². The van der Waals surface area contributed by atoms with Crippen molar-refractivity contribution in [2.45, 2.75) is 98.2 Å². The van der Waals surface area contributed by atoms with Crippen LogP contribution in [0.4, 0.5) is 0 Å². The van der Waals surface area contributed by atoms with E-state index in [2.05, 4.69) is 22.5 Å². The summed E-state index contributed by atoms with van der Waals surface area (Å²) in [6.07, 6.45) is 1.73. The van der Waals surface area contributed by atoms with Crippen LogP contribution in [0.2, 0.25) is 5.02 Å². The summed E-state index contributed by atoms with van der Waals surface area (Å²) < 4.78 is 6.32. The number of halogens is 1. The molecule has 19 heteroatoms. The van der Waals surface area contributed by atoms with Gasteiger partial charge in [-0.15, -0.1) is 0 Å². The average molecular weight is 835 g/mol. The highest BCUT2D eigenvalue weighted by molar-refractivity contribution is 6.32. The number of aliphatic hydroxyl groups is 1. The Hall–Kier alpha value is -5.72. The standard InChI is InChI=1S/C37H47ClN6O12.2CH4/c1-9-18(5)26(33(51)39-21(36(54)55)16-24(45)46)41-31(49)22-12-11-13-44(22)35(53)30-37(6,10-2)56-23-15-19(14-20(38)29(23)48)28(47)27(43(7)8)34(52)40-25(17(3)4)32(50)42-30;;/h11-12,14-16,22,25,27-28,30,47-48H,3,9-10,13H2,1-2,4-8H3,(H,39,51)(H,40,52)(H,41,49)(H,42,50)(H,45,46)(H,54,55);2*1H4/b21-16+,26-18+;;/t22?,25-,27-,28-,30+,37+;;/m0../s1. The smallest absolute Gasteiger partial charge is 0.352 e. The number of nitrogens with zero attached hydrogens (tertiary/aromatic N) is 2. The largest absolute Gasteiger partial charge is 0.503 e. The van der Waals surface area contributed by atoms with Crippen LogP contribution in [0.25, 0.3) is 0 Å². The third-order valence-corrected chi connectivity index (χ3v) is 9.72. The molecule has 0 radical (unpaired) electrons. The van der Waals surface area contributed by atoms with Crippen LogP contribution in [-0.4, -0.2) is 122 Å². The Morgan fingerprint density at radius 1 is 1.07 bits per heavy atom. The van der Waals surface area contributed by atoms with Crippen LogP contribution in [-0.2, 0) is 33.6 Å². The Labute approximate surface area is 342 Å². The molecule has 0 spiro atoms. The number of benzene rings is 1. The van der Waals surface area contributed by atoms with Crippen molar-refractivity contribution in [3.05, 3.63) is 70.1 Å². The minimum atomic E-state index is -1.75. The van der Waals surface area contributed by atoms with Crippen molar-refractivity contribution in [1.82, 2.24) is 31.1 Å². The normalized spacial score (nSPS) is 23.8.